The van der Waals surface area contributed by atoms with Gasteiger partial charge in [0.1, 0.15) is 5.60 Å². The zero-order valence-corrected chi connectivity index (χ0v) is 12.8. The van der Waals surface area contributed by atoms with Crippen LogP contribution >= 0.6 is 0 Å². The van der Waals surface area contributed by atoms with Crippen molar-refractivity contribution in [2.45, 2.75) is 50.7 Å². The van der Waals surface area contributed by atoms with Gasteiger partial charge in [-0.15, -0.1) is 0 Å². The molecule has 1 fully saturated rings. The summed E-state index contributed by atoms with van der Waals surface area (Å²) in [6.45, 7) is 1.85. The zero-order valence-electron chi connectivity index (χ0n) is 12.8. The molecule has 0 atom stereocenters. The maximum Gasteiger partial charge on any atom is 0.306 e. The van der Waals surface area contributed by atoms with Crippen LogP contribution in [0.2, 0.25) is 0 Å². The molecule has 1 aromatic rings. The zero-order chi connectivity index (χ0) is 14.6. The number of ether oxygens (including phenoxy) is 1. The van der Waals surface area contributed by atoms with Gasteiger partial charge < -0.3 is 9.64 Å². The molecule has 20 heavy (non-hydrogen) atoms. The van der Waals surface area contributed by atoms with Crippen LogP contribution < -0.4 is 0 Å². The van der Waals surface area contributed by atoms with Gasteiger partial charge in [0.25, 0.3) is 0 Å². The smallest absolute Gasteiger partial charge is 0.306 e. The molecule has 0 unspecified atom stereocenters. The molecule has 3 nitrogen and oxygen atoms in total. The predicted octanol–water partition coefficient (Wildman–Crippen LogP) is 3.34. The second-order valence-electron chi connectivity index (χ2n) is 5.88. The Bertz CT molecular complexity index is 434. The van der Waals surface area contributed by atoms with Crippen molar-refractivity contribution >= 4 is 5.97 Å². The number of hydrogen-bond donors (Lipinski definition) is 0. The lowest BCUT2D eigenvalue weighted by Crippen LogP contribution is -2.42. The quantitative estimate of drug-likeness (QED) is 0.789. The standard InChI is InChI=1S/C17H25NO2/c1-4-16(19)20-17(14-8-6-5-7-9-14)12-10-15(11-13-17)18(2)3/h5-9,15H,4,10-13H2,1-3H3. The van der Waals surface area contributed by atoms with Gasteiger partial charge in [0.05, 0.1) is 0 Å². The Kier molecular flexibility index (Phi) is 4.81. The molecule has 0 aliphatic heterocycles. The van der Waals surface area contributed by atoms with Gasteiger partial charge in [0.2, 0.25) is 0 Å². The van der Waals surface area contributed by atoms with Crippen molar-refractivity contribution in [1.82, 2.24) is 4.90 Å². The number of hydrogen-bond acceptors (Lipinski definition) is 3. The maximum atomic E-state index is 11.8. The molecule has 0 bridgehead atoms. The number of carbonyl (C=O) groups excluding carboxylic acids is 1. The Morgan fingerprint density at radius 2 is 1.85 bits per heavy atom. The summed E-state index contributed by atoms with van der Waals surface area (Å²) in [4.78, 5) is 14.1. The number of carbonyl (C=O) groups is 1. The lowest BCUT2D eigenvalue weighted by atomic mass is 9.77. The van der Waals surface area contributed by atoms with Gasteiger partial charge in [-0.2, -0.15) is 0 Å². The van der Waals surface area contributed by atoms with Gasteiger partial charge >= 0.3 is 5.97 Å². The largest absolute Gasteiger partial charge is 0.454 e. The summed E-state index contributed by atoms with van der Waals surface area (Å²) < 4.78 is 5.88. The van der Waals surface area contributed by atoms with Crippen LogP contribution in [0.25, 0.3) is 0 Å². The third kappa shape index (κ3) is 3.21. The molecule has 2 rings (SSSR count). The van der Waals surface area contributed by atoms with E-state index in [4.69, 9.17) is 4.74 Å². The molecule has 0 N–H and O–H groups in total. The number of esters is 1. The van der Waals surface area contributed by atoms with Gasteiger partial charge in [-0.25, -0.2) is 0 Å². The van der Waals surface area contributed by atoms with E-state index in [2.05, 4.69) is 31.1 Å². The van der Waals surface area contributed by atoms with Crippen LogP contribution in [0.1, 0.15) is 44.6 Å². The average Bonchev–Trinajstić information content (AvgIpc) is 2.48. The molecule has 1 saturated carbocycles. The Balaban J connectivity index is 2.21. The van der Waals surface area contributed by atoms with Crippen molar-refractivity contribution < 1.29 is 9.53 Å². The summed E-state index contributed by atoms with van der Waals surface area (Å²) in [5, 5.41) is 0. The van der Waals surface area contributed by atoms with E-state index in [-0.39, 0.29) is 5.97 Å². The lowest BCUT2D eigenvalue weighted by molar-refractivity contribution is -0.166. The first-order chi connectivity index (χ1) is 9.57. The topological polar surface area (TPSA) is 29.5 Å². The number of nitrogens with zero attached hydrogens (tertiary/aromatic N) is 1. The van der Waals surface area contributed by atoms with Crippen molar-refractivity contribution in [1.29, 1.82) is 0 Å². The van der Waals surface area contributed by atoms with Gasteiger partial charge in [-0.1, -0.05) is 37.3 Å². The molecule has 0 aromatic heterocycles. The molecule has 1 aliphatic rings. The van der Waals surface area contributed by atoms with Crippen LogP contribution in [0.15, 0.2) is 30.3 Å². The van der Waals surface area contributed by atoms with Gasteiger partial charge in [0.15, 0.2) is 0 Å². The molecule has 0 heterocycles. The third-order valence-corrected chi connectivity index (χ3v) is 4.39. The van der Waals surface area contributed by atoms with Crippen molar-refractivity contribution in [2.75, 3.05) is 14.1 Å². The highest BCUT2D eigenvalue weighted by atomic mass is 16.6. The first kappa shape index (κ1) is 15.0. The van der Waals surface area contributed by atoms with Crippen molar-refractivity contribution in [2.24, 2.45) is 0 Å². The monoisotopic (exact) mass is 275 g/mol. The molecule has 0 radical (unpaired) electrons. The molecule has 0 spiro atoms. The summed E-state index contributed by atoms with van der Waals surface area (Å²) in [7, 11) is 4.25. The van der Waals surface area contributed by atoms with Crippen LogP contribution in [0, 0.1) is 0 Å². The predicted molar refractivity (Wildman–Crippen MR) is 80.4 cm³/mol. The van der Waals surface area contributed by atoms with E-state index in [0.717, 1.165) is 31.2 Å². The molecule has 0 amide bonds. The van der Waals surface area contributed by atoms with E-state index in [1.807, 2.05) is 25.1 Å². The van der Waals surface area contributed by atoms with E-state index in [1.165, 1.54) is 0 Å². The molecule has 0 saturated heterocycles. The second-order valence-corrected chi connectivity index (χ2v) is 5.88. The highest BCUT2D eigenvalue weighted by Crippen LogP contribution is 2.41. The van der Waals surface area contributed by atoms with Crippen LogP contribution in [0.4, 0.5) is 0 Å². The first-order valence-corrected chi connectivity index (χ1v) is 7.51. The van der Waals surface area contributed by atoms with Crippen LogP contribution in [-0.4, -0.2) is 31.0 Å². The highest BCUT2D eigenvalue weighted by molar-refractivity contribution is 5.69. The molecule has 3 heteroatoms. The van der Waals surface area contributed by atoms with E-state index < -0.39 is 5.60 Å². The maximum absolute atomic E-state index is 11.8. The minimum absolute atomic E-state index is 0.0999. The minimum atomic E-state index is -0.416. The molecular formula is C17H25NO2. The van der Waals surface area contributed by atoms with Gasteiger partial charge in [-0.3, -0.25) is 4.79 Å². The molecular weight excluding hydrogens is 250 g/mol. The summed E-state index contributed by atoms with van der Waals surface area (Å²) in [5.74, 6) is -0.0999. The molecule has 1 aromatic carbocycles. The fourth-order valence-electron chi connectivity index (χ4n) is 3.07. The van der Waals surface area contributed by atoms with Gasteiger partial charge in [0, 0.05) is 12.5 Å². The van der Waals surface area contributed by atoms with E-state index in [1.54, 1.807) is 0 Å². The first-order valence-electron chi connectivity index (χ1n) is 7.51. The highest BCUT2D eigenvalue weighted by Gasteiger charge is 2.40. The third-order valence-electron chi connectivity index (χ3n) is 4.39. The second kappa shape index (κ2) is 6.40. The SMILES string of the molecule is CCC(=O)OC1(c2ccccc2)CCC(N(C)C)CC1. The van der Waals surface area contributed by atoms with Crippen molar-refractivity contribution in [3.8, 4) is 0 Å². The Morgan fingerprint density at radius 3 is 2.35 bits per heavy atom. The normalized spacial score (nSPS) is 26.5. The Labute approximate surface area is 121 Å². The lowest BCUT2D eigenvalue weighted by Gasteiger charge is -2.41. The van der Waals surface area contributed by atoms with Crippen LogP contribution in [-0.2, 0) is 15.1 Å². The fourth-order valence-corrected chi connectivity index (χ4v) is 3.07. The van der Waals surface area contributed by atoms with Crippen molar-refractivity contribution in [3.63, 3.8) is 0 Å². The molecule has 110 valence electrons. The summed E-state index contributed by atoms with van der Waals surface area (Å²) in [6, 6.07) is 10.8. The molecule has 1 aliphatic carbocycles. The summed E-state index contributed by atoms with van der Waals surface area (Å²) in [6.07, 6.45) is 4.39. The fraction of sp³-hybridized carbons (Fsp3) is 0.588. The minimum Gasteiger partial charge on any atom is -0.454 e. The van der Waals surface area contributed by atoms with E-state index in [0.29, 0.717) is 12.5 Å². The van der Waals surface area contributed by atoms with Crippen LogP contribution in [0.3, 0.4) is 0 Å². The van der Waals surface area contributed by atoms with Gasteiger partial charge in [-0.05, 0) is 45.3 Å². The average molecular weight is 275 g/mol. The number of rotatable bonds is 4. The van der Waals surface area contributed by atoms with Crippen LogP contribution in [0.5, 0.6) is 0 Å². The Hall–Kier alpha value is -1.35. The van der Waals surface area contributed by atoms with Crippen molar-refractivity contribution in [3.05, 3.63) is 35.9 Å². The Morgan fingerprint density at radius 1 is 1.25 bits per heavy atom. The number of benzene rings is 1. The van der Waals surface area contributed by atoms with E-state index in [9.17, 15) is 4.79 Å². The summed E-state index contributed by atoms with van der Waals surface area (Å²) in [5.41, 5.74) is 0.722. The summed E-state index contributed by atoms with van der Waals surface area (Å²) >= 11 is 0. The van der Waals surface area contributed by atoms with E-state index >= 15 is 0 Å².